The molecular formula is C68H61BN2O. The highest BCUT2D eigenvalue weighted by Crippen LogP contribution is 2.55. The Morgan fingerprint density at radius 1 is 0.528 bits per heavy atom. The average molecular weight is 933 g/mol. The molecule has 0 bridgehead atoms. The van der Waals surface area contributed by atoms with Gasteiger partial charge in [-0.2, -0.15) is 0 Å². The molecule has 2 aliphatic carbocycles. The van der Waals surface area contributed by atoms with Crippen LogP contribution in [0.2, 0.25) is 0 Å². The molecule has 0 fully saturated rings. The highest BCUT2D eigenvalue weighted by atomic mass is 16.3. The van der Waals surface area contributed by atoms with E-state index in [-0.39, 0.29) is 23.1 Å². The average Bonchev–Trinajstić information content (AvgIpc) is 3.86. The molecule has 0 saturated heterocycles. The number of benzene rings is 9. The summed E-state index contributed by atoms with van der Waals surface area (Å²) >= 11 is 0. The minimum atomic E-state index is -0.170. The lowest BCUT2D eigenvalue weighted by molar-refractivity contribution is 0.332. The summed E-state index contributed by atoms with van der Waals surface area (Å²) in [6.07, 6.45) is 5.75. The highest BCUT2D eigenvalue weighted by Gasteiger charge is 2.47. The first-order valence-corrected chi connectivity index (χ1v) is 26.5. The zero-order valence-electron chi connectivity index (χ0n) is 43.0. The normalized spacial score (nSPS) is 16.4. The first-order chi connectivity index (χ1) is 34.8. The molecule has 4 aliphatic rings. The van der Waals surface area contributed by atoms with Crippen LogP contribution in [0.1, 0.15) is 108 Å². The number of aryl methyl sites for hydroxylation is 2. The molecule has 4 heteroatoms. The Labute approximate surface area is 425 Å². The van der Waals surface area contributed by atoms with Gasteiger partial charge in [-0.1, -0.05) is 164 Å². The van der Waals surface area contributed by atoms with Crippen LogP contribution in [0, 0.1) is 6.92 Å². The zero-order chi connectivity index (χ0) is 49.0. The predicted molar refractivity (Wildman–Crippen MR) is 307 cm³/mol. The summed E-state index contributed by atoms with van der Waals surface area (Å²) in [5.74, 6) is 0. The van der Waals surface area contributed by atoms with Crippen LogP contribution in [-0.2, 0) is 22.7 Å². The summed E-state index contributed by atoms with van der Waals surface area (Å²) in [4.78, 5) is 5.32. The zero-order valence-corrected chi connectivity index (χ0v) is 43.0. The van der Waals surface area contributed by atoms with Gasteiger partial charge in [0, 0.05) is 56.3 Å². The van der Waals surface area contributed by atoms with Gasteiger partial charge in [-0.05, 0) is 175 Å². The van der Waals surface area contributed by atoms with Gasteiger partial charge < -0.3 is 14.1 Å². The molecule has 0 N–H and O–H groups in total. The van der Waals surface area contributed by atoms with Crippen LogP contribution in [0.4, 0.5) is 28.4 Å². The number of hydrogen-bond acceptors (Lipinski definition) is 3. The maximum Gasteiger partial charge on any atom is 0.333 e. The van der Waals surface area contributed by atoms with Crippen molar-refractivity contribution >= 4 is 78.9 Å². The maximum atomic E-state index is 7.19. The van der Waals surface area contributed by atoms with Gasteiger partial charge in [-0.15, -0.1) is 0 Å². The summed E-state index contributed by atoms with van der Waals surface area (Å²) in [5.41, 5.74) is 26.4. The Morgan fingerprint density at radius 3 is 2.04 bits per heavy atom. The largest absolute Gasteiger partial charge is 0.456 e. The fourth-order valence-electron chi connectivity index (χ4n) is 13.7. The number of hydrogen-bond donors (Lipinski definition) is 0. The molecular weight excluding hydrogens is 872 g/mol. The summed E-state index contributed by atoms with van der Waals surface area (Å²) in [5, 5.41) is 4.89. The van der Waals surface area contributed by atoms with E-state index in [0.29, 0.717) is 0 Å². The van der Waals surface area contributed by atoms with E-state index >= 15 is 0 Å². The van der Waals surface area contributed by atoms with E-state index in [4.69, 9.17) is 4.42 Å². The molecule has 0 spiro atoms. The fourth-order valence-corrected chi connectivity index (χ4v) is 13.7. The van der Waals surface area contributed by atoms with Crippen molar-refractivity contribution in [2.75, 3.05) is 9.71 Å². The molecule has 3 heterocycles. The molecule has 0 radical (unpaired) electrons. The second kappa shape index (κ2) is 15.4. The van der Waals surface area contributed by atoms with Gasteiger partial charge in [0.2, 0.25) is 0 Å². The predicted octanol–water partition coefficient (Wildman–Crippen LogP) is 17.4. The maximum absolute atomic E-state index is 7.19. The van der Waals surface area contributed by atoms with Crippen molar-refractivity contribution in [3.05, 3.63) is 197 Å². The van der Waals surface area contributed by atoms with Crippen molar-refractivity contribution in [1.82, 2.24) is 0 Å². The molecule has 2 aliphatic heterocycles. The first kappa shape index (κ1) is 43.5. The number of anilines is 5. The van der Waals surface area contributed by atoms with Gasteiger partial charge in [0.1, 0.15) is 11.2 Å². The topological polar surface area (TPSA) is 19.6 Å². The molecule has 352 valence electrons. The number of unbranched alkanes of at least 4 members (excludes halogenated alkanes) is 1. The molecule has 1 aromatic heterocycles. The molecule has 9 aromatic carbocycles. The van der Waals surface area contributed by atoms with Crippen molar-refractivity contribution in [3.8, 4) is 33.4 Å². The molecule has 0 amide bonds. The fraction of sp³-hybridized carbons (Fsp3) is 0.235. The summed E-state index contributed by atoms with van der Waals surface area (Å²) in [7, 11) is 0. The third-order valence-electron chi connectivity index (χ3n) is 17.8. The van der Waals surface area contributed by atoms with Gasteiger partial charge in [-0.3, -0.25) is 0 Å². The molecule has 3 nitrogen and oxygen atoms in total. The van der Waals surface area contributed by atoms with Gasteiger partial charge in [0.15, 0.2) is 0 Å². The molecule has 0 atom stereocenters. The highest BCUT2D eigenvalue weighted by molar-refractivity contribution is 6.94. The van der Waals surface area contributed by atoms with E-state index in [9.17, 15) is 0 Å². The Balaban J connectivity index is 1.12. The number of rotatable bonds is 6. The monoisotopic (exact) mass is 932 g/mol. The van der Waals surface area contributed by atoms with Crippen LogP contribution in [0.3, 0.4) is 0 Å². The van der Waals surface area contributed by atoms with Crippen molar-refractivity contribution in [2.45, 2.75) is 104 Å². The second-order valence-corrected chi connectivity index (χ2v) is 23.4. The minimum Gasteiger partial charge on any atom is -0.456 e. The summed E-state index contributed by atoms with van der Waals surface area (Å²) in [6, 6.07) is 63.2. The van der Waals surface area contributed by atoms with E-state index in [1.165, 1.54) is 135 Å². The van der Waals surface area contributed by atoms with Gasteiger partial charge >= 0.3 is 6.85 Å². The van der Waals surface area contributed by atoms with E-state index in [1.807, 2.05) is 0 Å². The van der Waals surface area contributed by atoms with Crippen LogP contribution < -0.4 is 20.6 Å². The summed E-state index contributed by atoms with van der Waals surface area (Å²) in [6.45, 7) is 18.9. The van der Waals surface area contributed by atoms with E-state index in [0.717, 1.165) is 36.1 Å². The van der Waals surface area contributed by atoms with E-state index < -0.39 is 0 Å². The van der Waals surface area contributed by atoms with Crippen LogP contribution in [0.5, 0.6) is 0 Å². The SMILES string of the molecule is CCCCc1ccc(N2c3cc4oc5cc6c(cc5c4cc3B3c4c(cc(-c5ccccc5)cc42)-c2c(ccc4ccccc24)N3c2ccc3c(c2)C(C)(C)c2ccccc2-3)C(C)(C)CCC6(C)C)c(C)c1. The summed E-state index contributed by atoms with van der Waals surface area (Å²) < 4.78 is 7.19. The van der Waals surface area contributed by atoms with E-state index in [1.54, 1.807) is 0 Å². The second-order valence-electron chi connectivity index (χ2n) is 23.4. The van der Waals surface area contributed by atoms with Gasteiger partial charge in [-0.25, -0.2) is 0 Å². The molecule has 0 unspecified atom stereocenters. The standard InChI is InChI=1S/C68H61BN2O/c1-9-10-18-42-25-29-58(41(2)33-42)70-60-40-63-51(50-37-55-56(39-62(50)72-63)67(5,6)32-31-66(55,3)4)38-57(60)69-65-52(34-45(35-61(65)70)43-19-12-11-13-20-43)64-47-22-15-14-21-44(47)26-30-59(64)71(69)46-27-28-49-48-23-16-17-24-53(48)68(7,8)54(49)36-46/h11-17,19-30,33-40H,9-10,18,31-32H2,1-8H3. The number of fused-ring (bicyclic) bond motifs is 13. The van der Waals surface area contributed by atoms with Crippen molar-refractivity contribution in [1.29, 1.82) is 0 Å². The quantitative estimate of drug-likeness (QED) is 0.155. The Bertz CT molecular complexity index is 3930. The van der Waals surface area contributed by atoms with Gasteiger partial charge in [0.25, 0.3) is 0 Å². The Kier molecular flexibility index (Phi) is 9.28. The number of nitrogens with zero attached hydrogens (tertiary/aromatic N) is 2. The van der Waals surface area contributed by atoms with Crippen LogP contribution in [-0.4, -0.2) is 6.85 Å². The van der Waals surface area contributed by atoms with Crippen molar-refractivity contribution in [2.24, 2.45) is 0 Å². The molecule has 10 aromatic rings. The smallest absolute Gasteiger partial charge is 0.333 e. The lowest BCUT2D eigenvalue weighted by atomic mass is 9.43. The van der Waals surface area contributed by atoms with Crippen LogP contribution in [0.25, 0.3) is 66.1 Å². The third-order valence-corrected chi connectivity index (χ3v) is 17.8. The molecule has 72 heavy (non-hydrogen) atoms. The third kappa shape index (κ3) is 6.17. The first-order valence-electron chi connectivity index (χ1n) is 26.5. The Morgan fingerprint density at radius 2 is 1.24 bits per heavy atom. The van der Waals surface area contributed by atoms with Crippen molar-refractivity contribution in [3.63, 3.8) is 0 Å². The van der Waals surface area contributed by atoms with Gasteiger partial charge in [0.05, 0.1) is 0 Å². The molecule has 14 rings (SSSR count). The van der Waals surface area contributed by atoms with Crippen molar-refractivity contribution < 1.29 is 4.42 Å². The lowest BCUT2D eigenvalue weighted by Crippen LogP contribution is -2.61. The lowest BCUT2D eigenvalue weighted by Gasteiger charge is -2.46. The van der Waals surface area contributed by atoms with Crippen LogP contribution >= 0.6 is 0 Å². The molecule has 0 saturated carbocycles. The van der Waals surface area contributed by atoms with Crippen LogP contribution in [0.15, 0.2) is 168 Å². The van der Waals surface area contributed by atoms with E-state index in [2.05, 4.69) is 229 Å². The number of furan rings is 1. The Hall–Kier alpha value is -7.30. The minimum absolute atomic E-state index is 0.0619.